The van der Waals surface area contributed by atoms with Crippen molar-refractivity contribution in [2.75, 3.05) is 45.4 Å². The van der Waals surface area contributed by atoms with Crippen LogP contribution in [-0.4, -0.2) is 51.3 Å². The fraction of sp³-hybridized carbons (Fsp3) is 0.381. The summed E-state index contributed by atoms with van der Waals surface area (Å²) in [6, 6.07) is 14.0. The normalized spacial score (nSPS) is 14.2. The van der Waals surface area contributed by atoms with Crippen LogP contribution in [-0.2, 0) is 11.3 Å². The molecule has 0 saturated carbocycles. The first-order valence-corrected chi connectivity index (χ1v) is 8.90. The number of amides is 1. The van der Waals surface area contributed by atoms with Gasteiger partial charge in [0.25, 0.3) is 5.91 Å². The molecule has 3 rings (SSSR count). The van der Waals surface area contributed by atoms with Crippen LogP contribution in [0.2, 0.25) is 0 Å². The van der Waals surface area contributed by atoms with E-state index in [0.29, 0.717) is 12.1 Å². The molecule has 26 heavy (non-hydrogen) atoms. The number of nitrogens with zero attached hydrogens (tertiary/aromatic N) is 2. The summed E-state index contributed by atoms with van der Waals surface area (Å²) in [5, 5.41) is 0. The summed E-state index contributed by atoms with van der Waals surface area (Å²) in [4.78, 5) is 16.7. The zero-order valence-electron chi connectivity index (χ0n) is 15.7. The average molecular weight is 354 g/mol. The van der Waals surface area contributed by atoms with Crippen LogP contribution in [0.25, 0.3) is 0 Å². The van der Waals surface area contributed by atoms with Crippen molar-refractivity contribution in [1.82, 2.24) is 4.90 Å². The first kappa shape index (κ1) is 18.3. The van der Waals surface area contributed by atoms with Crippen LogP contribution in [0.5, 0.6) is 5.75 Å². The van der Waals surface area contributed by atoms with Crippen LogP contribution in [0.3, 0.4) is 0 Å². The SMILES string of the molecule is COc1cc(C(=O)N(C)Cc2ccc(N3CCOCC3)cc2)ccc1C. The summed E-state index contributed by atoms with van der Waals surface area (Å²) in [7, 11) is 3.45. The average Bonchev–Trinajstić information content (AvgIpc) is 2.69. The lowest BCUT2D eigenvalue weighted by atomic mass is 10.1. The molecule has 2 aromatic carbocycles. The highest BCUT2D eigenvalue weighted by molar-refractivity contribution is 5.94. The lowest BCUT2D eigenvalue weighted by molar-refractivity contribution is 0.0784. The Morgan fingerprint density at radius 2 is 1.85 bits per heavy atom. The molecule has 1 amide bonds. The standard InChI is InChI=1S/C21H26N2O3/c1-16-4-7-18(14-20(16)25-3)21(24)22(2)15-17-5-8-19(9-6-17)23-10-12-26-13-11-23/h4-9,14H,10-13,15H2,1-3H3. The minimum Gasteiger partial charge on any atom is -0.496 e. The van der Waals surface area contributed by atoms with E-state index in [0.717, 1.165) is 43.2 Å². The first-order chi connectivity index (χ1) is 12.6. The molecule has 0 spiro atoms. The van der Waals surface area contributed by atoms with Crippen LogP contribution >= 0.6 is 0 Å². The van der Waals surface area contributed by atoms with Crippen molar-refractivity contribution < 1.29 is 14.3 Å². The van der Waals surface area contributed by atoms with Crippen molar-refractivity contribution in [2.45, 2.75) is 13.5 Å². The topological polar surface area (TPSA) is 42.0 Å². The van der Waals surface area contributed by atoms with Gasteiger partial charge in [0, 0.05) is 37.9 Å². The highest BCUT2D eigenvalue weighted by Gasteiger charge is 2.15. The maximum absolute atomic E-state index is 12.7. The number of hydrogen-bond donors (Lipinski definition) is 0. The summed E-state index contributed by atoms with van der Waals surface area (Å²) < 4.78 is 10.7. The summed E-state index contributed by atoms with van der Waals surface area (Å²) in [6.45, 7) is 5.93. The van der Waals surface area contributed by atoms with Crippen molar-refractivity contribution in [1.29, 1.82) is 0 Å². The zero-order chi connectivity index (χ0) is 18.5. The number of hydrogen-bond acceptors (Lipinski definition) is 4. The predicted molar refractivity (Wildman–Crippen MR) is 103 cm³/mol. The molecule has 0 aliphatic carbocycles. The lowest BCUT2D eigenvalue weighted by Crippen LogP contribution is -2.36. The van der Waals surface area contributed by atoms with E-state index >= 15 is 0 Å². The second kappa shape index (κ2) is 8.23. The van der Waals surface area contributed by atoms with Crippen LogP contribution < -0.4 is 9.64 Å². The van der Waals surface area contributed by atoms with E-state index in [2.05, 4.69) is 29.2 Å². The van der Waals surface area contributed by atoms with Crippen LogP contribution in [0.1, 0.15) is 21.5 Å². The molecule has 0 radical (unpaired) electrons. The van der Waals surface area contributed by atoms with E-state index < -0.39 is 0 Å². The maximum Gasteiger partial charge on any atom is 0.254 e. The van der Waals surface area contributed by atoms with E-state index in [-0.39, 0.29) is 5.91 Å². The molecular weight excluding hydrogens is 328 g/mol. The summed E-state index contributed by atoms with van der Waals surface area (Å²) >= 11 is 0. The van der Waals surface area contributed by atoms with Gasteiger partial charge in [0.05, 0.1) is 20.3 Å². The Morgan fingerprint density at radius 3 is 2.50 bits per heavy atom. The monoisotopic (exact) mass is 354 g/mol. The molecule has 2 aromatic rings. The number of methoxy groups -OCH3 is 1. The van der Waals surface area contributed by atoms with Gasteiger partial charge < -0.3 is 19.3 Å². The Balaban J connectivity index is 1.65. The van der Waals surface area contributed by atoms with Gasteiger partial charge in [-0.15, -0.1) is 0 Å². The van der Waals surface area contributed by atoms with Gasteiger partial charge in [0.15, 0.2) is 0 Å². The van der Waals surface area contributed by atoms with Crippen LogP contribution in [0.15, 0.2) is 42.5 Å². The van der Waals surface area contributed by atoms with Crippen molar-refractivity contribution in [3.8, 4) is 5.75 Å². The summed E-state index contributed by atoms with van der Waals surface area (Å²) in [5.74, 6) is 0.722. The molecule has 0 aromatic heterocycles. The highest BCUT2D eigenvalue weighted by Crippen LogP contribution is 2.21. The Kier molecular flexibility index (Phi) is 5.78. The molecule has 1 aliphatic heterocycles. The number of carbonyl (C=O) groups excluding carboxylic acids is 1. The van der Waals surface area contributed by atoms with Crippen molar-refractivity contribution in [2.24, 2.45) is 0 Å². The molecule has 5 nitrogen and oxygen atoms in total. The van der Waals surface area contributed by atoms with Crippen LogP contribution in [0, 0.1) is 6.92 Å². The quantitative estimate of drug-likeness (QED) is 0.827. The molecular formula is C21H26N2O3. The number of ether oxygens (including phenoxy) is 2. The van der Waals surface area contributed by atoms with E-state index in [4.69, 9.17) is 9.47 Å². The predicted octanol–water partition coefficient (Wildman–Crippen LogP) is 3.11. The number of benzene rings is 2. The van der Waals surface area contributed by atoms with E-state index in [1.807, 2.05) is 26.1 Å². The molecule has 1 aliphatic rings. The maximum atomic E-state index is 12.7. The van der Waals surface area contributed by atoms with Gasteiger partial charge in [-0.05, 0) is 42.3 Å². The van der Waals surface area contributed by atoms with Gasteiger partial charge in [-0.2, -0.15) is 0 Å². The van der Waals surface area contributed by atoms with Gasteiger partial charge in [0.2, 0.25) is 0 Å². The van der Waals surface area contributed by atoms with Gasteiger partial charge in [0.1, 0.15) is 5.75 Å². The molecule has 0 bridgehead atoms. The van der Waals surface area contributed by atoms with E-state index in [9.17, 15) is 4.79 Å². The Labute approximate surface area is 155 Å². The Bertz CT molecular complexity index is 752. The third kappa shape index (κ3) is 4.17. The minimum absolute atomic E-state index is 0.0134. The summed E-state index contributed by atoms with van der Waals surface area (Å²) in [5.41, 5.74) is 3.97. The number of rotatable bonds is 5. The number of aryl methyl sites for hydroxylation is 1. The Morgan fingerprint density at radius 1 is 1.15 bits per heavy atom. The number of anilines is 1. The first-order valence-electron chi connectivity index (χ1n) is 8.90. The molecule has 138 valence electrons. The Hall–Kier alpha value is -2.53. The minimum atomic E-state index is -0.0134. The highest BCUT2D eigenvalue weighted by atomic mass is 16.5. The fourth-order valence-corrected chi connectivity index (χ4v) is 3.15. The second-order valence-electron chi connectivity index (χ2n) is 6.61. The molecule has 5 heteroatoms. The van der Waals surface area contributed by atoms with Crippen LogP contribution in [0.4, 0.5) is 5.69 Å². The van der Waals surface area contributed by atoms with Crippen molar-refractivity contribution >= 4 is 11.6 Å². The zero-order valence-corrected chi connectivity index (χ0v) is 15.7. The van der Waals surface area contributed by atoms with Crippen molar-refractivity contribution in [3.05, 3.63) is 59.2 Å². The van der Waals surface area contributed by atoms with E-state index in [1.54, 1.807) is 18.1 Å². The third-order valence-corrected chi connectivity index (χ3v) is 4.73. The van der Waals surface area contributed by atoms with Gasteiger partial charge in [-0.1, -0.05) is 18.2 Å². The summed E-state index contributed by atoms with van der Waals surface area (Å²) in [6.07, 6.45) is 0. The molecule has 1 fully saturated rings. The smallest absolute Gasteiger partial charge is 0.254 e. The number of morpholine rings is 1. The second-order valence-corrected chi connectivity index (χ2v) is 6.61. The fourth-order valence-electron chi connectivity index (χ4n) is 3.15. The van der Waals surface area contributed by atoms with Gasteiger partial charge in [-0.3, -0.25) is 4.79 Å². The van der Waals surface area contributed by atoms with Gasteiger partial charge in [-0.25, -0.2) is 0 Å². The molecule has 0 unspecified atom stereocenters. The molecule has 0 atom stereocenters. The lowest BCUT2D eigenvalue weighted by Gasteiger charge is -2.29. The molecule has 1 heterocycles. The molecule has 0 N–H and O–H groups in total. The molecule has 1 saturated heterocycles. The van der Waals surface area contributed by atoms with Gasteiger partial charge >= 0.3 is 0 Å². The van der Waals surface area contributed by atoms with Crippen molar-refractivity contribution in [3.63, 3.8) is 0 Å². The van der Waals surface area contributed by atoms with E-state index in [1.165, 1.54) is 5.69 Å². The number of carbonyl (C=O) groups is 1. The third-order valence-electron chi connectivity index (χ3n) is 4.73. The largest absolute Gasteiger partial charge is 0.496 e.